The second kappa shape index (κ2) is 13.5. The minimum absolute atomic E-state index is 0.136. The molecular formula is C34H40N6O6S. The number of likely N-dealkylation sites (N-methyl/N-ethyl adjacent to an activating group) is 1. The molecule has 3 N–H and O–H groups in total. The zero-order valence-corrected chi connectivity index (χ0v) is 28.2. The Morgan fingerprint density at radius 3 is 2.19 bits per heavy atom. The molecule has 3 amide bonds. The fraction of sp³-hybridized carbons (Fsp3) is 0.324. The van der Waals surface area contributed by atoms with Gasteiger partial charge in [-0.2, -0.15) is 0 Å². The number of amides is 3. The molecule has 0 spiro atoms. The number of urea groups is 1. The van der Waals surface area contributed by atoms with Crippen molar-refractivity contribution in [3.05, 3.63) is 78.1 Å². The molecule has 1 fully saturated rings. The Bertz CT molecular complexity index is 1920. The van der Waals surface area contributed by atoms with Crippen LogP contribution >= 0.6 is 0 Å². The van der Waals surface area contributed by atoms with Crippen LogP contribution in [0.15, 0.2) is 66.9 Å². The van der Waals surface area contributed by atoms with Crippen molar-refractivity contribution in [1.29, 1.82) is 0 Å². The highest BCUT2D eigenvalue weighted by Gasteiger charge is 2.24. The molecule has 5 rings (SSSR count). The van der Waals surface area contributed by atoms with Crippen LogP contribution in [0.2, 0.25) is 0 Å². The molecule has 2 heterocycles. The molecule has 1 saturated heterocycles. The zero-order valence-electron chi connectivity index (χ0n) is 27.4. The maximum atomic E-state index is 13.4. The van der Waals surface area contributed by atoms with Gasteiger partial charge in [0.1, 0.15) is 17.2 Å². The van der Waals surface area contributed by atoms with Crippen molar-refractivity contribution in [1.82, 2.24) is 14.8 Å². The summed E-state index contributed by atoms with van der Waals surface area (Å²) in [4.78, 5) is 34.7. The Labute approximate surface area is 275 Å². The van der Waals surface area contributed by atoms with E-state index in [0.29, 0.717) is 41.7 Å². The second-order valence-corrected chi connectivity index (χ2v) is 14.3. The number of methoxy groups -OCH3 is 1. The Balaban J connectivity index is 1.39. The molecule has 1 aliphatic heterocycles. The van der Waals surface area contributed by atoms with Crippen molar-refractivity contribution in [2.45, 2.75) is 26.2 Å². The van der Waals surface area contributed by atoms with Gasteiger partial charge < -0.3 is 29.9 Å². The van der Waals surface area contributed by atoms with E-state index in [1.807, 2.05) is 52.1 Å². The minimum Gasteiger partial charge on any atom is -0.492 e. The molecule has 4 aromatic rings. The van der Waals surface area contributed by atoms with Crippen LogP contribution in [-0.2, 0) is 15.4 Å². The molecule has 0 saturated carbocycles. The lowest BCUT2D eigenvalue weighted by Gasteiger charge is -2.32. The molecule has 1 aromatic heterocycles. The standard InChI is InChI=1S/C34H40N6O6S/c1-34(2,3)22-19-27(31(45-5)28(20-22)38-47(6,43)44)37-33(42)36-26-11-12-30(25-10-8-7-9-24(25)26)46-23-13-14-35-29(21-23)32(41)40-17-15-39(4)16-18-40/h7-14,19-21,38H,15-18H2,1-6H3,(H2,36,37,42). The molecule has 0 bridgehead atoms. The molecule has 0 unspecified atom stereocenters. The molecule has 0 aliphatic carbocycles. The van der Waals surface area contributed by atoms with Crippen LogP contribution in [0.5, 0.6) is 17.2 Å². The Morgan fingerprint density at radius 1 is 0.872 bits per heavy atom. The van der Waals surface area contributed by atoms with Gasteiger partial charge in [-0.05, 0) is 48.4 Å². The van der Waals surface area contributed by atoms with Gasteiger partial charge in [0, 0.05) is 49.2 Å². The SMILES string of the molecule is COc1c(NC(=O)Nc2ccc(Oc3ccnc(C(=O)N4CCN(C)CC4)c3)c3ccccc23)cc(C(C)(C)C)cc1NS(C)(=O)=O. The van der Waals surface area contributed by atoms with E-state index in [1.54, 1.807) is 47.5 Å². The van der Waals surface area contributed by atoms with E-state index >= 15 is 0 Å². The third-order valence-corrected chi connectivity index (χ3v) is 8.39. The number of carbonyl (C=O) groups excluding carboxylic acids is 2. The van der Waals surface area contributed by atoms with Crippen molar-refractivity contribution in [3.63, 3.8) is 0 Å². The van der Waals surface area contributed by atoms with Gasteiger partial charge in [-0.3, -0.25) is 14.5 Å². The van der Waals surface area contributed by atoms with Gasteiger partial charge in [0.15, 0.2) is 5.75 Å². The number of aromatic nitrogens is 1. The van der Waals surface area contributed by atoms with Crippen molar-refractivity contribution < 1.29 is 27.5 Å². The van der Waals surface area contributed by atoms with Crippen LogP contribution in [0.3, 0.4) is 0 Å². The quantitative estimate of drug-likeness (QED) is 0.217. The lowest BCUT2D eigenvalue weighted by molar-refractivity contribution is 0.0658. The molecule has 3 aromatic carbocycles. The van der Waals surface area contributed by atoms with E-state index in [1.165, 1.54) is 7.11 Å². The smallest absolute Gasteiger partial charge is 0.323 e. The van der Waals surface area contributed by atoms with Crippen LogP contribution in [0.1, 0.15) is 36.8 Å². The van der Waals surface area contributed by atoms with Crippen LogP contribution in [-0.4, -0.2) is 81.7 Å². The van der Waals surface area contributed by atoms with Crippen LogP contribution < -0.4 is 24.8 Å². The van der Waals surface area contributed by atoms with Gasteiger partial charge in [-0.25, -0.2) is 13.2 Å². The summed E-state index contributed by atoms with van der Waals surface area (Å²) in [6, 6.07) is 17.2. The third-order valence-electron chi connectivity index (χ3n) is 7.80. The van der Waals surface area contributed by atoms with Gasteiger partial charge in [0.25, 0.3) is 5.91 Å². The summed E-state index contributed by atoms with van der Waals surface area (Å²) >= 11 is 0. The third kappa shape index (κ3) is 8.10. The van der Waals surface area contributed by atoms with E-state index in [-0.39, 0.29) is 22.8 Å². The van der Waals surface area contributed by atoms with Gasteiger partial charge in [0.2, 0.25) is 10.0 Å². The normalized spacial score (nSPS) is 14.0. The van der Waals surface area contributed by atoms with Crippen molar-refractivity contribution in [2.75, 3.05) is 61.9 Å². The summed E-state index contributed by atoms with van der Waals surface area (Å²) in [5.74, 6) is 1.04. The fourth-order valence-electron chi connectivity index (χ4n) is 5.29. The van der Waals surface area contributed by atoms with Crippen LogP contribution in [0.25, 0.3) is 10.8 Å². The first-order chi connectivity index (χ1) is 22.2. The van der Waals surface area contributed by atoms with Crippen molar-refractivity contribution in [3.8, 4) is 17.2 Å². The van der Waals surface area contributed by atoms with Crippen molar-refractivity contribution in [2.24, 2.45) is 0 Å². The first-order valence-electron chi connectivity index (χ1n) is 15.1. The monoisotopic (exact) mass is 660 g/mol. The largest absolute Gasteiger partial charge is 0.492 e. The highest BCUT2D eigenvalue weighted by Crippen LogP contribution is 2.40. The number of ether oxygens (including phenoxy) is 2. The number of nitrogens with zero attached hydrogens (tertiary/aromatic N) is 3. The molecule has 0 radical (unpaired) electrons. The molecule has 47 heavy (non-hydrogen) atoms. The minimum atomic E-state index is -3.62. The molecular weight excluding hydrogens is 620 g/mol. The number of hydrogen-bond donors (Lipinski definition) is 3. The van der Waals surface area contributed by atoms with E-state index in [9.17, 15) is 18.0 Å². The fourth-order valence-corrected chi connectivity index (χ4v) is 5.84. The van der Waals surface area contributed by atoms with E-state index in [0.717, 1.165) is 35.7 Å². The number of sulfonamides is 1. The van der Waals surface area contributed by atoms with Crippen LogP contribution in [0, 0.1) is 0 Å². The number of rotatable bonds is 8. The number of fused-ring (bicyclic) bond motifs is 1. The van der Waals surface area contributed by atoms with E-state index in [2.05, 4.69) is 25.2 Å². The number of anilines is 3. The Kier molecular flexibility index (Phi) is 9.59. The second-order valence-electron chi connectivity index (χ2n) is 12.5. The van der Waals surface area contributed by atoms with Gasteiger partial charge in [0.05, 0.1) is 30.4 Å². The Morgan fingerprint density at radius 2 is 1.53 bits per heavy atom. The molecule has 0 atom stereocenters. The van der Waals surface area contributed by atoms with Crippen LogP contribution in [0.4, 0.5) is 21.9 Å². The average Bonchev–Trinajstić information content (AvgIpc) is 3.01. The summed E-state index contributed by atoms with van der Waals surface area (Å²) in [5.41, 5.74) is 1.78. The first-order valence-corrected chi connectivity index (χ1v) is 17.0. The molecule has 248 valence electrons. The number of pyridine rings is 1. The Hall–Kier alpha value is -4.88. The first kappa shape index (κ1) is 33.5. The maximum Gasteiger partial charge on any atom is 0.323 e. The molecule has 1 aliphatic rings. The van der Waals surface area contributed by atoms with Gasteiger partial charge in [-0.1, -0.05) is 45.0 Å². The molecule has 13 heteroatoms. The predicted molar refractivity (Wildman–Crippen MR) is 184 cm³/mol. The number of nitrogens with one attached hydrogen (secondary N) is 3. The average molecular weight is 661 g/mol. The number of hydrogen-bond acceptors (Lipinski definition) is 8. The number of carbonyl (C=O) groups is 2. The summed E-state index contributed by atoms with van der Waals surface area (Å²) < 4.78 is 38.5. The molecule has 12 nitrogen and oxygen atoms in total. The van der Waals surface area contributed by atoms with Gasteiger partial charge in [-0.15, -0.1) is 0 Å². The number of piperazine rings is 1. The predicted octanol–water partition coefficient (Wildman–Crippen LogP) is 5.74. The lowest BCUT2D eigenvalue weighted by atomic mass is 9.86. The van der Waals surface area contributed by atoms with Gasteiger partial charge >= 0.3 is 6.03 Å². The number of benzene rings is 3. The van der Waals surface area contributed by atoms with E-state index in [4.69, 9.17) is 9.47 Å². The van der Waals surface area contributed by atoms with E-state index < -0.39 is 16.1 Å². The topological polar surface area (TPSA) is 142 Å². The summed E-state index contributed by atoms with van der Waals surface area (Å²) in [6.45, 7) is 8.85. The summed E-state index contributed by atoms with van der Waals surface area (Å²) in [6.07, 6.45) is 2.61. The zero-order chi connectivity index (χ0) is 33.9. The highest BCUT2D eigenvalue weighted by molar-refractivity contribution is 7.92. The highest BCUT2D eigenvalue weighted by atomic mass is 32.2. The lowest BCUT2D eigenvalue weighted by Crippen LogP contribution is -2.47. The maximum absolute atomic E-state index is 13.4. The van der Waals surface area contributed by atoms with Crippen molar-refractivity contribution >= 4 is 49.8 Å². The summed E-state index contributed by atoms with van der Waals surface area (Å²) in [5, 5.41) is 7.19. The summed E-state index contributed by atoms with van der Waals surface area (Å²) in [7, 11) is -0.185.